The lowest BCUT2D eigenvalue weighted by molar-refractivity contribution is -0.659. The molecule has 1 amide bonds. The number of carbonyl (C=O) groups is 1. The summed E-state index contributed by atoms with van der Waals surface area (Å²) in [4.78, 5) is 12.0. The molecule has 3 N–H and O–H groups in total. The van der Waals surface area contributed by atoms with E-state index >= 15 is 0 Å². The number of hydrogen-bond donors (Lipinski definition) is 2. The van der Waals surface area contributed by atoms with E-state index in [1.165, 1.54) is 5.56 Å². The van der Waals surface area contributed by atoms with Gasteiger partial charge in [-0.3, -0.25) is 4.79 Å². The number of hydrogen-bond acceptors (Lipinski definition) is 1. The van der Waals surface area contributed by atoms with Gasteiger partial charge in [-0.15, -0.1) is 0 Å². The maximum Gasteiger partial charge on any atom is 0.279 e. The smallest absolute Gasteiger partial charge is 0.279 e. The lowest BCUT2D eigenvalue weighted by Gasteiger charge is -2.09. The predicted octanol–water partition coefficient (Wildman–Crippen LogP) is 2.66. The first-order chi connectivity index (χ1) is 10.1. The van der Waals surface area contributed by atoms with E-state index in [4.69, 9.17) is 11.6 Å². The molecule has 2 aromatic carbocycles. The highest BCUT2D eigenvalue weighted by Crippen LogP contribution is 2.17. The zero-order chi connectivity index (χ0) is 15.2. The lowest BCUT2D eigenvalue weighted by atomic mass is 10.1. The second-order valence-electron chi connectivity index (χ2n) is 5.12. The molecule has 0 aromatic heterocycles. The SMILES string of the molecule is Cc1cccc(NC(=O)C[NH2+]Cc2cccc(Cl)c2)c1C. The van der Waals surface area contributed by atoms with Crippen LogP contribution in [-0.2, 0) is 11.3 Å². The Balaban J connectivity index is 1.84. The van der Waals surface area contributed by atoms with Crippen molar-refractivity contribution in [2.75, 3.05) is 11.9 Å². The molecule has 0 saturated carbocycles. The predicted molar refractivity (Wildman–Crippen MR) is 86.5 cm³/mol. The summed E-state index contributed by atoms with van der Waals surface area (Å²) in [5.41, 5.74) is 4.29. The van der Waals surface area contributed by atoms with E-state index in [-0.39, 0.29) is 5.91 Å². The van der Waals surface area contributed by atoms with Crippen molar-refractivity contribution >= 4 is 23.2 Å². The van der Waals surface area contributed by atoms with Gasteiger partial charge in [-0.1, -0.05) is 35.9 Å². The maximum absolute atomic E-state index is 12.0. The zero-order valence-electron chi connectivity index (χ0n) is 12.3. The molecule has 0 aliphatic rings. The molecular weight excluding hydrogens is 284 g/mol. The third-order valence-electron chi connectivity index (χ3n) is 3.48. The molecule has 0 atom stereocenters. The number of halogens is 1. The summed E-state index contributed by atoms with van der Waals surface area (Å²) in [6.45, 7) is 5.18. The Morgan fingerprint density at radius 3 is 2.71 bits per heavy atom. The van der Waals surface area contributed by atoms with Crippen LogP contribution in [0, 0.1) is 13.8 Å². The van der Waals surface area contributed by atoms with E-state index in [1.807, 2.05) is 61.6 Å². The molecular formula is C17H20ClN2O+. The van der Waals surface area contributed by atoms with Gasteiger partial charge in [-0.25, -0.2) is 0 Å². The first-order valence-corrected chi connectivity index (χ1v) is 7.36. The number of rotatable bonds is 5. The van der Waals surface area contributed by atoms with Crippen molar-refractivity contribution in [1.82, 2.24) is 0 Å². The van der Waals surface area contributed by atoms with E-state index in [2.05, 4.69) is 5.32 Å². The molecule has 4 heteroatoms. The van der Waals surface area contributed by atoms with Crippen molar-refractivity contribution in [3.63, 3.8) is 0 Å². The van der Waals surface area contributed by atoms with E-state index in [1.54, 1.807) is 0 Å². The van der Waals surface area contributed by atoms with Crippen LogP contribution in [0.2, 0.25) is 5.02 Å². The van der Waals surface area contributed by atoms with Crippen LogP contribution >= 0.6 is 11.6 Å². The fraction of sp³-hybridized carbons (Fsp3) is 0.235. The Bertz CT molecular complexity index is 640. The number of benzene rings is 2. The number of anilines is 1. The van der Waals surface area contributed by atoms with Crippen LogP contribution in [0.5, 0.6) is 0 Å². The van der Waals surface area contributed by atoms with Gasteiger partial charge in [0.05, 0.1) is 0 Å². The topological polar surface area (TPSA) is 45.7 Å². The van der Waals surface area contributed by atoms with Gasteiger partial charge in [0.1, 0.15) is 6.54 Å². The number of nitrogens with one attached hydrogen (secondary N) is 1. The Kier molecular flexibility index (Phi) is 5.37. The fourth-order valence-corrected chi connectivity index (χ4v) is 2.33. The summed E-state index contributed by atoms with van der Waals surface area (Å²) in [6, 6.07) is 13.6. The first kappa shape index (κ1) is 15.5. The van der Waals surface area contributed by atoms with Gasteiger partial charge in [0.25, 0.3) is 5.91 Å². The zero-order valence-corrected chi connectivity index (χ0v) is 13.1. The summed E-state index contributed by atoms with van der Waals surface area (Å²) in [5, 5.41) is 5.64. The van der Waals surface area contributed by atoms with Gasteiger partial charge in [0.15, 0.2) is 6.54 Å². The Hall–Kier alpha value is -1.84. The minimum atomic E-state index is 0.00530. The van der Waals surface area contributed by atoms with Crippen LogP contribution in [0.1, 0.15) is 16.7 Å². The largest absolute Gasteiger partial charge is 0.335 e. The molecule has 2 aromatic rings. The molecule has 0 saturated heterocycles. The molecule has 21 heavy (non-hydrogen) atoms. The van der Waals surface area contributed by atoms with Crippen molar-refractivity contribution in [3.8, 4) is 0 Å². The van der Waals surface area contributed by atoms with Gasteiger partial charge >= 0.3 is 0 Å². The van der Waals surface area contributed by atoms with Crippen LogP contribution in [0.25, 0.3) is 0 Å². The molecule has 2 rings (SSSR count). The normalized spacial score (nSPS) is 10.4. The van der Waals surface area contributed by atoms with Crippen molar-refractivity contribution in [3.05, 3.63) is 64.2 Å². The van der Waals surface area contributed by atoms with Crippen LogP contribution in [0.15, 0.2) is 42.5 Å². The minimum Gasteiger partial charge on any atom is -0.335 e. The van der Waals surface area contributed by atoms with Gasteiger partial charge in [0, 0.05) is 16.3 Å². The molecule has 110 valence electrons. The van der Waals surface area contributed by atoms with E-state index in [9.17, 15) is 4.79 Å². The molecule has 0 spiro atoms. The molecule has 0 bridgehead atoms. The average Bonchev–Trinajstić information content (AvgIpc) is 2.44. The number of nitrogens with two attached hydrogens (primary N) is 1. The average molecular weight is 304 g/mol. The molecule has 0 heterocycles. The number of amides is 1. The van der Waals surface area contributed by atoms with Gasteiger partial charge < -0.3 is 10.6 Å². The molecule has 0 radical (unpaired) electrons. The standard InChI is InChI=1S/C17H19ClN2O/c1-12-5-3-8-16(13(12)2)20-17(21)11-19-10-14-6-4-7-15(18)9-14/h3-9,19H,10-11H2,1-2H3,(H,20,21)/p+1. The minimum absolute atomic E-state index is 0.00530. The number of quaternary nitrogens is 1. The van der Waals surface area contributed by atoms with Crippen LogP contribution < -0.4 is 10.6 Å². The highest BCUT2D eigenvalue weighted by atomic mass is 35.5. The monoisotopic (exact) mass is 303 g/mol. The molecule has 3 nitrogen and oxygen atoms in total. The fourth-order valence-electron chi connectivity index (χ4n) is 2.12. The van der Waals surface area contributed by atoms with Crippen molar-refractivity contribution < 1.29 is 10.1 Å². The highest BCUT2D eigenvalue weighted by Gasteiger charge is 2.07. The van der Waals surface area contributed by atoms with Crippen LogP contribution in [-0.4, -0.2) is 12.5 Å². The third-order valence-corrected chi connectivity index (χ3v) is 3.71. The molecule has 0 aliphatic heterocycles. The Labute approximate surface area is 130 Å². The van der Waals surface area contributed by atoms with Crippen LogP contribution in [0.4, 0.5) is 5.69 Å². The molecule has 0 aliphatic carbocycles. The summed E-state index contributed by atoms with van der Waals surface area (Å²) in [7, 11) is 0. The second-order valence-corrected chi connectivity index (χ2v) is 5.56. The molecule has 0 unspecified atom stereocenters. The van der Waals surface area contributed by atoms with E-state index in [0.717, 1.165) is 28.4 Å². The quantitative estimate of drug-likeness (QED) is 0.876. The van der Waals surface area contributed by atoms with Crippen molar-refractivity contribution in [2.24, 2.45) is 0 Å². The van der Waals surface area contributed by atoms with Gasteiger partial charge in [-0.2, -0.15) is 0 Å². The van der Waals surface area contributed by atoms with Gasteiger partial charge in [-0.05, 0) is 43.2 Å². The summed E-state index contributed by atoms with van der Waals surface area (Å²) in [6.07, 6.45) is 0. The first-order valence-electron chi connectivity index (χ1n) is 6.98. The Morgan fingerprint density at radius 2 is 1.95 bits per heavy atom. The van der Waals surface area contributed by atoms with E-state index in [0.29, 0.717) is 6.54 Å². The highest BCUT2D eigenvalue weighted by molar-refractivity contribution is 6.30. The Morgan fingerprint density at radius 1 is 1.19 bits per heavy atom. The van der Waals surface area contributed by atoms with E-state index < -0.39 is 0 Å². The lowest BCUT2D eigenvalue weighted by Crippen LogP contribution is -2.84. The summed E-state index contributed by atoms with van der Waals surface area (Å²) < 4.78 is 0. The van der Waals surface area contributed by atoms with Crippen molar-refractivity contribution in [1.29, 1.82) is 0 Å². The number of aryl methyl sites for hydroxylation is 1. The van der Waals surface area contributed by atoms with Crippen molar-refractivity contribution in [2.45, 2.75) is 20.4 Å². The molecule has 0 fully saturated rings. The van der Waals surface area contributed by atoms with Crippen LogP contribution in [0.3, 0.4) is 0 Å². The summed E-state index contributed by atoms with van der Waals surface area (Å²) in [5.74, 6) is 0.00530. The number of carbonyl (C=O) groups excluding carboxylic acids is 1. The van der Waals surface area contributed by atoms with Gasteiger partial charge in [0.2, 0.25) is 0 Å². The summed E-state index contributed by atoms with van der Waals surface area (Å²) >= 11 is 5.93. The second kappa shape index (κ2) is 7.25. The maximum atomic E-state index is 12.0. The third kappa shape index (κ3) is 4.59.